The molecule has 244 valence electrons. The number of alkyl halides is 3. The monoisotopic (exact) mass is 615 g/mol. The molecule has 2 aliphatic heterocycles. The average Bonchev–Trinajstić information content (AvgIpc) is 3.63. The molecule has 4 N–H and O–H groups in total. The summed E-state index contributed by atoms with van der Waals surface area (Å²) in [6, 6.07) is 1.38. The van der Waals surface area contributed by atoms with Crippen molar-refractivity contribution in [3.05, 3.63) is 0 Å². The van der Waals surface area contributed by atoms with Crippen LogP contribution in [-0.2, 0) is 23.9 Å². The molecular formula is C30H48F3N5O5. The molecule has 13 heteroatoms. The van der Waals surface area contributed by atoms with Gasteiger partial charge in [0.2, 0.25) is 24.1 Å². The Morgan fingerprint density at radius 1 is 1.19 bits per heavy atom. The van der Waals surface area contributed by atoms with E-state index in [1.165, 1.54) is 0 Å². The van der Waals surface area contributed by atoms with E-state index < -0.39 is 23.5 Å². The molecule has 0 aromatic heterocycles. The Balaban J connectivity index is 0.000000234. The van der Waals surface area contributed by atoms with Gasteiger partial charge in [-0.2, -0.15) is 18.4 Å². The van der Waals surface area contributed by atoms with Crippen LogP contribution < -0.4 is 16.4 Å². The Morgan fingerprint density at radius 3 is 2.05 bits per heavy atom. The predicted molar refractivity (Wildman–Crippen MR) is 153 cm³/mol. The number of nitriles is 1. The van der Waals surface area contributed by atoms with Gasteiger partial charge in [-0.1, -0.05) is 13.8 Å². The second kappa shape index (κ2) is 13.0. The third-order valence-corrected chi connectivity index (χ3v) is 8.79. The van der Waals surface area contributed by atoms with E-state index in [1.54, 1.807) is 0 Å². The Morgan fingerprint density at radius 2 is 1.72 bits per heavy atom. The number of carbonyl (C=O) groups excluding carboxylic acids is 4. The molecule has 2 aliphatic carbocycles. The number of ether oxygens (including phenoxy) is 1. The fraction of sp³-hybridized carbons (Fsp3) is 0.833. The number of piperidine rings is 1. The molecule has 0 radical (unpaired) electrons. The first-order valence-electron chi connectivity index (χ1n) is 14.7. The molecule has 2 saturated carbocycles. The lowest BCUT2D eigenvalue weighted by molar-refractivity contribution is -0.190. The van der Waals surface area contributed by atoms with Crippen LogP contribution in [0, 0.1) is 39.9 Å². The minimum absolute atomic E-state index is 0.00226. The topological polar surface area (TPSA) is 155 Å². The van der Waals surface area contributed by atoms with Crippen LogP contribution in [0.3, 0.4) is 0 Å². The van der Waals surface area contributed by atoms with Crippen LogP contribution in [0.25, 0.3) is 0 Å². The van der Waals surface area contributed by atoms with Gasteiger partial charge >= 0.3 is 6.18 Å². The van der Waals surface area contributed by atoms with Crippen molar-refractivity contribution < 1.29 is 37.1 Å². The minimum Gasteiger partial charge on any atom is -0.372 e. The number of halogens is 3. The molecule has 2 heterocycles. The minimum atomic E-state index is -4.45. The number of hydrogen-bond donors (Lipinski definition) is 3. The summed E-state index contributed by atoms with van der Waals surface area (Å²) in [6.45, 7) is 18.5. The lowest BCUT2D eigenvalue weighted by Gasteiger charge is -2.27. The van der Waals surface area contributed by atoms with Crippen LogP contribution >= 0.6 is 0 Å². The summed E-state index contributed by atoms with van der Waals surface area (Å²) < 4.78 is 41.3. The number of amides is 4. The van der Waals surface area contributed by atoms with Crippen molar-refractivity contribution in [1.29, 1.82) is 5.26 Å². The summed E-state index contributed by atoms with van der Waals surface area (Å²) in [6.07, 6.45) is -2.66. The van der Waals surface area contributed by atoms with Gasteiger partial charge in [0.15, 0.2) is 0 Å². The summed E-state index contributed by atoms with van der Waals surface area (Å²) in [5.74, 6) is 0.264. The number of nitrogens with two attached hydrogens (primary N) is 1. The molecule has 0 bridgehead atoms. The van der Waals surface area contributed by atoms with Crippen LogP contribution in [-0.4, -0.2) is 71.6 Å². The fourth-order valence-electron chi connectivity index (χ4n) is 6.06. The number of carbonyl (C=O) groups is 4. The van der Waals surface area contributed by atoms with Crippen molar-refractivity contribution in [3.63, 3.8) is 0 Å². The summed E-state index contributed by atoms with van der Waals surface area (Å²) in [5, 5.41) is 14.0. The molecule has 43 heavy (non-hydrogen) atoms. The van der Waals surface area contributed by atoms with E-state index in [0.717, 1.165) is 24.9 Å². The molecular weight excluding hydrogens is 567 g/mol. The smallest absolute Gasteiger partial charge is 0.372 e. The highest BCUT2D eigenvalue weighted by Crippen LogP contribution is 2.62. The van der Waals surface area contributed by atoms with Gasteiger partial charge in [0.1, 0.15) is 11.5 Å². The van der Waals surface area contributed by atoms with E-state index in [2.05, 4.69) is 30.2 Å². The van der Waals surface area contributed by atoms with Crippen LogP contribution in [0.4, 0.5) is 13.2 Å². The van der Waals surface area contributed by atoms with E-state index in [9.17, 15) is 32.3 Å². The first-order valence-corrected chi connectivity index (χ1v) is 14.7. The standard InChI is InChI=1S/C15H27NO2.C10H15N3O2.C5H6F3NO/c1-10(18-14(2,3)4)7-13(17)16-8-11-12(9-16)15(11,5)6;1-10(2)4-7(9(15)13-10)3-8(5-11)12-6-14;6-5(7,8)4(1-2-4)3(9)10/h10-12H,7-9H2,1-6H3;6-8H,3-4H2,1-2H3,(H,12,14)(H,13,15);1-2H2,(H2,9,10)/t10-,11?,12?;;/m1../s1. The third-order valence-electron chi connectivity index (χ3n) is 8.79. The van der Waals surface area contributed by atoms with Crippen LogP contribution in [0.2, 0.25) is 0 Å². The van der Waals surface area contributed by atoms with Gasteiger partial charge in [0, 0.05) is 24.5 Å². The zero-order chi connectivity index (χ0) is 33.2. The maximum atomic E-state index is 12.2. The Bertz CT molecular complexity index is 1080. The zero-order valence-corrected chi connectivity index (χ0v) is 26.6. The van der Waals surface area contributed by atoms with Crippen LogP contribution in [0.1, 0.15) is 87.5 Å². The molecule has 4 unspecified atom stereocenters. The Kier molecular flexibility index (Phi) is 11.0. The number of nitrogens with one attached hydrogen (secondary N) is 2. The highest BCUT2D eigenvalue weighted by Gasteiger charge is 2.67. The van der Waals surface area contributed by atoms with Crippen molar-refractivity contribution in [3.8, 4) is 6.07 Å². The molecule has 10 nitrogen and oxygen atoms in total. The number of hydrogen-bond acceptors (Lipinski definition) is 6. The predicted octanol–water partition coefficient (Wildman–Crippen LogP) is 3.44. The van der Waals surface area contributed by atoms with E-state index in [-0.39, 0.29) is 47.8 Å². The molecule has 5 atom stereocenters. The normalized spacial score (nSPS) is 27.0. The molecule has 4 rings (SSSR count). The van der Waals surface area contributed by atoms with Crippen LogP contribution in [0.15, 0.2) is 0 Å². The van der Waals surface area contributed by atoms with Crippen molar-refractivity contribution in [2.24, 2.45) is 34.3 Å². The number of likely N-dealkylation sites (tertiary alicyclic amines) is 1. The molecule has 0 spiro atoms. The van der Waals surface area contributed by atoms with Gasteiger partial charge in [0.05, 0.1) is 24.2 Å². The first kappa shape index (κ1) is 36.3. The molecule has 0 aromatic rings. The second-order valence-corrected chi connectivity index (χ2v) is 14.5. The largest absolute Gasteiger partial charge is 0.403 e. The molecule has 0 aromatic carbocycles. The summed E-state index contributed by atoms with van der Waals surface area (Å²) in [7, 11) is 0. The quantitative estimate of drug-likeness (QED) is 0.356. The Hall–Kier alpha value is -2.88. The molecule has 2 saturated heterocycles. The van der Waals surface area contributed by atoms with E-state index in [0.29, 0.717) is 31.1 Å². The second-order valence-electron chi connectivity index (χ2n) is 14.5. The van der Waals surface area contributed by atoms with Crippen LogP contribution in [0.5, 0.6) is 0 Å². The third kappa shape index (κ3) is 9.55. The zero-order valence-electron chi connectivity index (χ0n) is 26.6. The fourth-order valence-corrected chi connectivity index (χ4v) is 6.06. The SMILES string of the molecule is CC1(C)CC(CC(C#N)NC=O)C(=O)N1.C[C@H](CC(=O)N1CC2C(C1)C2(C)C)OC(C)(C)C.NC(=O)C1(C(F)(F)F)CC1. The van der Waals surface area contributed by atoms with Gasteiger partial charge in [-0.3, -0.25) is 19.2 Å². The van der Waals surface area contributed by atoms with Crippen molar-refractivity contribution in [1.82, 2.24) is 15.5 Å². The van der Waals surface area contributed by atoms with Gasteiger partial charge in [-0.25, -0.2) is 0 Å². The number of fused-ring (bicyclic) bond motifs is 1. The van der Waals surface area contributed by atoms with Crippen molar-refractivity contribution in [2.45, 2.75) is 117 Å². The summed E-state index contributed by atoms with van der Waals surface area (Å²) in [5.41, 5.74) is 2.49. The molecule has 4 aliphatic rings. The summed E-state index contributed by atoms with van der Waals surface area (Å²) in [4.78, 5) is 46.1. The maximum absolute atomic E-state index is 12.2. The lowest BCUT2D eigenvalue weighted by atomic mass is 9.92. The number of primary amides is 1. The highest BCUT2D eigenvalue weighted by molar-refractivity contribution is 5.84. The first-order chi connectivity index (χ1) is 19.5. The van der Waals surface area contributed by atoms with Gasteiger partial charge < -0.3 is 26.0 Å². The van der Waals surface area contributed by atoms with Crippen molar-refractivity contribution in [2.75, 3.05) is 13.1 Å². The molecule has 4 fully saturated rings. The van der Waals surface area contributed by atoms with Crippen molar-refractivity contribution >= 4 is 24.1 Å². The molecule has 4 amide bonds. The number of rotatable bonds is 8. The maximum Gasteiger partial charge on any atom is 0.403 e. The number of nitrogens with zero attached hydrogens (tertiary/aromatic N) is 2. The van der Waals surface area contributed by atoms with E-state index >= 15 is 0 Å². The lowest BCUT2D eigenvalue weighted by Crippen LogP contribution is -2.37. The van der Waals surface area contributed by atoms with E-state index in [1.807, 2.05) is 52.5 Å². The average molecular weight is 616 g/mol. The Labute approximate surface area is 252 Å². The van der Waals surface area contributed by atoms with Gasteiger partial charge in [0.25, 0.3) is 0 Å². The van der Waals surface area contributed by atoms with Gasteiger partial charge in [-0.05, 0) is 84.5 Å². The summed E-state index contributed by atoms with van der Waals surface area (Å²) >= 11 is 0. The highest BCUT2D eigenvalue weighted by atomic mass is 19.4. The van der Waals surface area contributed by atoms with Gasteiger partial charge in [-0.15, -0.1) is 0 Å². The van der Waals surface area contributed by atoms with E-state index in [4.69, 9.17) is 10.00 Å².